The summed E-state index contributed by atoms with van der Waals surface area (Å²) in [5.41, 5.74) is 0. The van der Waals surface area contributed by atoms with Gasteiger partial charge in [-0.1, -0.05) is 0 Å². The molecule has 1 aliphatic rings. The Morgan fingerprint density at radius 3 is 0.762 bits per heavy atom. The third-order valence-electron chi connectivity index (χ3n) is 4.86. The molecular weight excluding hydrogens is 258 g/mol. The first-order chi connectivity index (χ1) is 9.91. The fraction of sp³-hybridized carbons (Fsp3) is 1.00. The van der Waals surface area contributed by atoms with Crippen molar-refractivity contribution in [3.05, 3.63) is 0 Å². The highest BCUT2D eigenvalue weighted by Gasteiger charge is 2.16. The van der Waals surface area contributed by atoms with Crippen LogP contribution < -0.4 is 0 Å². The second-order valence-electron chi connectivity index (χ2n) is 7.45. The predicted octanol–water partition coefficient (Wildman–Crippen LogP) is 3.30. The van der Waals surface area contributed by atoms with Gasteiger partial charge in [-0.25, -0.2) is 0 Å². The summed E-state index contributed by atoms with van der Waals surface area (Å²) in [5, 5.41) is 0. The lowest BCUT2D eigenvalue weighted by atomic mass is 10.2. The number of hydrogen-bond acceptors (Lipinski definition) is 3. The van der Waals surface area contributed by atoms with Gasteiger partial charge in [-0.15, -0.1) is 0 Å². The van der Waals surface area contributed by atoms with E-state index in [1.165, 1.54) is 58.5 Å². The highest BCUT2D eigenvalue weighted by Crippen LogP contribution is 2.10. The average molecular weight is 298 g/mol. The van der Waals surface area contributed by atoms with Gasteiger partial charge in [0.2, 0.25) is 0 Å². The van der Waals surface area contributed by atoms with Crippen molar-refractivity contribution in [2.45, 2.75) is 78.9 Å². The van der Waals surface area contributed by atoms with Crippen molar-refractivity contribution in [2.75, 3.05) is 39.3 Å². The summed E-state index contributed by atoms with van der Waals surface area (Å²) in [6.07, 6.45) is 3.93. The van der Waals surface area contributed by atoms with Crippen molar-refractivity contribution in [1.29, 1.82) is 0 Å². The maximum atomic E-state index is 2.67. The van der Waals surface area contributed by atoms with E-state index in [4.69, 9.17) is 0 Å². The molecule has 126 valence electrons. The molecule has 0 aromatic rings. The quantitative estimate of drug-likeness (QED) is 0.791. The molecule has 1 aliphatic heterocycles. The van der Waals surface area contributed by atoms with Gasteiger partial charge in [-0.05, 0) is 100 Å². The lowest BCUT2D eigenvalue weighted by molar-refractivity contribution is 0.139. The molecule has 0 saturated carbocycles. The molecule has 0 aliphatic carbocycles. The molecule has 3 heteroatoms. The van der Waals surface area contributed by atoms with E-state index in [0.29, 0.717) is 18.1 Å². The van der Waals surface area contributed by atoms with E-state index in [-0.39, 0.29) is 0 Å². The van der Waals surface area contributed by atoms with E-state index < -0.39 is 0 Å². The van der Waals surface area contributed by atoms with Gasteiger partial charge in [-0.3, -0.25) is 0 Å². The highest BCUT2D eigenvalue weighted by molar-refractivity contribution is 4.72. The molecule has 0 spiro atoms. The Labute approximate surface area is 133 Å². The molecule has 1 rings (SSSR count). The van der Waals surface area contributed by atoms with Gasteiger partial charge in [-0.2, -0.15) is 0 Å². The van der Waals surface area contributed by atoms with Crippen LogP contribution in [-0.4, -0.2) is 72.1 Å². The minimum absolute atomic E-state index is 0.674. The monoisotopic (exact) mass is 297 g/mol. The zero-order valence-electron chi connectivity index (χ0n) is 15.4. The van der Waals surface area contributed by atoms with Crippen LogP contribution in [0.25, 0.3) is 0 Å². The van der Waals surface area contributed by atoms with Crippen LogP contribution in [0.4, 0.5) is 0 Å². The van der Waals surface area contributed by atoms with Gasteiger partial charge in [0.25, 0.3) is 0 Å². The van der Waals surface area contributed by atoms with Crippen LogP contribution in [0.3, 0.4) is 0 Å². The lowest BCUT2D eigenvalue weighted by Crippen LogP contribution is -2.41. The zero-order valence-corrected chi connectivity index (χ0v) is 15.4. The normalized spacial score (nSPS) is 22.7. The van der Waals surface area contributed by atoms with Crippen LogP contribution >= 0.6 is 0 Å². The molecule has 0 amide bonds. The molecule has 0 bridgehead atoms. The SMILES string of the molecule is CC(C)N1CCCN(C(C)C)CCCN(C(C)C)CCC1. The van der Waals surface area contributed by atoms with Gasteiger partial charge in [0.1, 0.15) is 0 Å². The minimum Gasteiger partial charge on any atom is -0.301 e. The Morgan fingerprint density at radius 1 is 0.429 bits per heavy atom. The molecule has 0 aromatic carbocycles. The first kappa shape index (κ1) is 18.9. The van der Waals surface area contributed by atoms with Gasteiger partial charge in [0.15, 0.2) is 0 Å². The van der Waals surface area contributed by atoms with Crippen LogP contribution in [0, 0.1) is 0 Å². The Morgan fingerprint density at radius 2 is 0.619 bits per heavy atom. The standard InChI is InChI=1S/C18H39N3/c1-16(2)19-10-7-12-20(17(3)4)14-9-15-21(18(5)6)13-8-11-19/h16-18H,7-15H2,1-6H3. The topological polar surface area (TPSA) is 9.72 Å². The Balaban J connectivity index is 2.64. The fourth-order valence-electron chi connectivity index (χ4n) is 3.32. The molecule has 21 heavy (non-hydrogen) atoms. The summed E-state index contributed by atoms with van der Waals surface area (Å²) in [4.78, 5) is 8.00. The maximum absolute atomic E-state index is 2.67. The van der Waals surface area contributed by atoms with Gasteiger partial charge in [0.05, 0.1) is 0 Å². The Kier molecular flexibility index (Phi) is 8.84. The van der Waals surface area contributed by atoms with Crippen molar-refractivity contribution in [3.63, 3.8) is 0 Å². The molecule has 0 N–H and O–H groups in total. The molecule has 0 radical (unpaired) electrons. The van der Waals surface area contributed by atoms with Crippen molar-refractivity contribution < 1.29 is 0 Å². The summed E-state index contributed by atoms with van der Waals surface area (Å²) in [6.45, 7) is 21.6. The summed E-state index contributed by atoms with van der Waals surface area (Å²) in [6, 6.07) is 2.02. The van der Waals surface area contributed by atoms with Gasteiger partial charge in [0, 0.05) is 18.1 Å². The molecule has 1 saturated heterocycles. The lowest BCUT2D eigenvalue weighted by Gasteiger charge is -2.34. The van der Waals surface area contributed by atoms with E-state index in [9.17, 15) is 0 Å². The zero-order chi connectivity index (χ0) is 15.8. The fourth-order valence-corrected chi connectivity index (χ4v) is 3.32. The van der Waals surface area contributed by atoms with Crippen LogP contribution in [0.15, 0.2) is 0 Å². The summed E-state index contributed by atoms with van der Waals surface area (Å²) in [7, 11) is 0. The van der Waals surface area contributed by atoms with Crippen LogP contribution in [0.2, 0.25) is 0 Å². The van der Waals surface area contributed by atoms with E-state index in [0.717, 1.165) is 0 Å². The third-order valence-corrected chi connectivity index (χ3v) is 4.86. The number of hydrogen-bond donors (Lipinski definition) is 0. The maximum Gasteiger partial charge on any atom is 0.00386 e. The summed E-state index contributed by atoms with van der Waals surface area (Å²) in [5.74, 6) is 0. The average Bonchev–Trinajstić information content (AvgIpc) is 2.37. The van der Waals surface area contributed by atoms with E-state index >= 15 is 0 Å². The molecule has 0 atom stereocenters. The van der Waals surface area contributed by atoms with E-state index in [1.807, 2.05) is 0 Å². The molecule has 3 nitrogen and oxygen atoms in total. The second kappa shape index (κ2) is 9.81. The Hall–Kier alpha value is -0.120. The van der Waals surface area contributed by atoms with E-state index in [1.54, 1.807) is 0 Å². The molecule has 1 heterocycles. The second-order valence-corrected chi connectivity index (χ2v) is 7.45. The van der Waals surface area contributed by atoms with Crippen LogP contribution in [0.1, 0.15) is 60.8 Å². The number of rotatable bonds is 3. The summed E-state index contributed by atoms with van der Waals surface area (Å²) >= 11 is 0. The van der Waals surface area contributed by atoms with E-state index in [2.05, 4.69) is 56.2 Å². The minimum atomic E-state index is 0.674. The summed E-state index contributed by atoms with van der Waals surface area (Å²) < 4.78 is 0. The van der Waals surface area contributed by atoms with Crippen LogP contribution in [0.5, 0.6) is 0 Å². The van der Waals surface area contributed by atoms with Crippen molar-refractivity contribution >= 4 is 0 Å². The van der Waals surface area contributed by atoms with Gasteiger partial charge < -0.3 is 14.7 Å². The molecule has 1 fully saturated rings. The first-order valence-electron chi connectivity index (χ1n) is 9.14. The third kappa shape index (κ3) is 7.12. The first-order valence-corrected chi connectivity index (χ1v) is 9.14. The highest BCUT2D eigenvalue weighted by atomic mass is 15.2. The van der Waals surface area contributed by atoms with Crippen molar-refractivity contribution in [1.82, 2.24) is 14.7 Å². The smallest absolute Gasteiger partial charge is 0.00386 e. The largest absolute Gasteiger partial charge is 0.301 e. The van der Waals surface area contributed by atoms with Gasteiger partial charge >= 0.3 is 0 Å². The van der Waals surface area contributed by atoms with Crippen molar-refractivity contribution in [2.24, 2.45) is 0 Å². The molecule has 0 aromatic heterocycles. The predicted molar refractivity (Wildman–Crippen MR) is 94.0 cm³/mol. The van der Waals surface area contributed by atoms with Crippen LogP contribution in [-0.2, 0) is 0 Å². The molecule has 0 unspecified atom stereocenters. The number of nitrogens with zero attached hydrogens (tertiary/aromatic N) is 3. The molecular formula is C18H39N3. The Bertz CT molecular complexity index is 208. The van der Waals surface area contributed by atoms with Crippen molar-refractivity contribution in [3.8, 4) is 0 Å².